The number of rotatable bonds is 3. The molecular weight excluding hydrogens is 222 g/mol. The minimum Gasteiger partial charge on any atom is -0.341 e. The lowest BCUT2D eigenvalue weighted by molar-refractivity contribution is 0.568. The Bertz CT molecular complexity index is 367. The first-order chi connectivity index (χ1) is 7.74. The Labute approximate surface area is 102 Å². The van der Waals surface area contributed by atoms with Gasteiger partial charge in [-0.3, -0.25) is 0 Å². The topological polar surface area (TPSA) is 29.0 Å². The van der Waals surface area contributed by atoms with Crippen molar-refractivity contribution in [3.05, 3.63) is 17.5 Å². The Kier molecular flexibility index (Phi) is 3.64. The lowest BCUT2D eigenvalue weighted by Gasteiger charge is -2.16. The van der Waals surface area contributed by atoms with Crippen LogP contribution >= 0.6 is 11.6 Å². The van der Waals surface area contributed by atoms with Gasteiger partial charge in [0.15, 0.2) is 0 Å². The van der Waals surface area contributed by atoms with Gasteiger partial charge in [-0.25, -0.2) is 9.97 Å². The molecule has 0 bridgehead atoms. The predicted octanol–water partition coefficient (Wildman–Crippen LogP) is 2.76. The zero-order chi connectivity index (χ0) is 11.5. The van der Waals surface area contributed by atoms with Crippen LogP contribution in [0.1, 0.15) is 31.0 Å². The van der Waals surface area contributed by atoms with Crippen molar-refractivity contribution in [2.45, 2.75) is 32.6 Å². The highest BCUT2D eigenvalue weighted by atomic mass is 35.5. The predicted molar refractivity (Wildman–Crippen MR) is 66.9 cm³/mol. The molecule has 0 amide bonds. The molecule has 0 N–H and O–H groups in total. The van der Waals surface area contributed by atoms with Crippen molar-refractivity contribution in [2.75, 3.05) is 18.0 Å². The molecule has 3 nitrogen and oxygen atoms in total. The molecule has 0 spiro atoms. The van der Waals surface area contributed by atoms with Crippen LogP contribution in [0.2, 0.25) is 0 Å². The highest BCUT2D eigenvalue weighted by Gasteiger charge is 2.23. The minimum atomic E-state index is 0.490. The van der Waals surface area contributed by atoms with Crippen molar-refractivity contribution in [2.24, 2.45) is 5.92 Å². The van der Waals surface area contributed by atoms with E-state index in [1.807, 2.05) is 13.1 Å². The molecule has 1 aliphatic rings. The molecule has 2 rings (SSSR count). The molecule has 0 radical (unpaired) electrons. The Morgan fingerprint density at radius 2 is 2.38 bits per heavy atom. The van der Waals surface area contributed by atoms with Crippen LogP contribution in [-0.4, -0.2) is 23.1 Å². The number of aryl methyl sites for hydroxylation is 1. The first-order valence-electron chi connectivity index (χ1n) is 5.88. The van der Waals surface area contributed by atoms with E-state index in [0.29, 0.717) is 5.88 Å². The Hall–Kier alpha value is -0.830. The largest absolute Gasteiger partial charge is 0.341 e. The molecular formula is C12H18ClN3. The zero-order valence-corrected chi connectivity index (χ0v) is 10.7. The van der Waals surface area contributed by atoms with E-state index in [0.717, 1.165) is 36.2 Å². The second-order valence-corrected chi connectivity index (χ2v) is 4.69. The summed E-state index contributed by atoms with van der Waals surface area (Å²) in [6.45, 7) is 6.42. The van der Waals surface area contributed by atoms with Gasteiger partial charge in [0, 0.05) is 30.5 Å². The number of nitrogens with zero attached hydrogens (tertiary/aromatic N) is 3. The summed E-state index contributed by atoms with van der Waals surface area (Å²) in [6, 6.07) is 0. The van der Waals surface area contributed by atoms with Crippen LogP contribution in [0.5, 0.6) is 0 Å². The van der Waals surface area contributed by atoms with E-state index in [9.17, 15) is 0 Å². The monoisotopic (exact) mass is 239 g/mol. The lowest BCUT2D eigenvalue weighted by atomic mass is 10.1. The van der Waals surface area contributed by atoms with E-state index in [-0.39, 0.29) is 0 Å². The highest BCUT2D eigenvalue weighted by molar-refractivity contribution is 6.17. The zero-order valence-electron chi connectivity index (χ0n) is 9.91. The molecule has 2 heterocycles. The fourth-order valence-corrected chi connectivity index (χ4v) is 2.37. The Balaban J connectivity index is 2.13. The van der Waals surface area contributed by atoms with Crippen molar-refractivity contribution in [1.82, 2.24) is 9.97 Å². The maximum Gasteiger partial charge on any atom is 0.225 e. The van der Waals surface area contributed by atoms with E-state index in [4.69, 9.17) is 11.6 Å². The third-order valence-corrected chi connectivity index (χ3v) is 3.65. The SMILES string of the molecule is CCC1CCN(c2ncc(CCl)c(C)n2)C1. The minimum absolute atomic E-state index is 0.490. The summed E-state index contributed by atoms with van der Waals surface area (Å²) in [6.07, 6.45) is 4.36. The number of aromatic nitrogens is 2. The first kappa shape index (κ1) is 11.6. The van der Waals surface area contributed by atoms with E-state index >= 15 is 0 Å². The summed E-state index contributed by atoms with van der Waals surface area (Å²) in [5.74, 6) is 2.16. The first-order valence-corrected chi connectivity index (χ1v) is 6.41. The van der Waals surface area contributed by atoms with E-state index in [1.54, 1.807) is 0 Å². The van der Waals surface area contributed by atoms with Crippen molar-refractivity contribution >= 4 is 17.5 Å². The van der Waals surface area contributed by atoms with Crippen LogP contribution in [-0.2, 0) is 5.88 Å². The molecule has 1 aliphatic heterocycles. The molecule has 88 valence electrons. The van der Waals surface area contributed by atoms with Crippen LogP contribution < -0.4 is 4.90 Å². The average Bonchev–Trinajstić information content (AvgIpc) is 2.77. The third kappa shape index (κ3) is 2.29. The van der Waals surface area contributed by atoms with Gasteiger partial charge in [0.2, 0.25) is 5.95 Å². The summed E-state index contributed by atoms with van der Waals surface area (Å²) in [7, 11) is 0. The molecule has 4 heteroatoms. The van der Waals surface area contributed by atoms with Crippen LogP contribution in [0.3, 0.4) is 0 Å². The molecule has 0 aromatic carbocycles. The molecule has 16 heavy (non-hydrogen) atoms. The second-order valence-electron chi connectivity index (χ2n) is 4.42. The number of hydrogen-bond acceptors (Lipinski definition) is 3. The van der Waals surface area contributed by atoms with Gasteiger partial charge < -0.3 is 4.90 Å². The normalized spacial score (nSPS) is 20.4. The molecule has 1 atom stereocenters. The van der Waals surface area contributed by atoms with Gasteiger partial charge in [-0.15, -0.1) is 11.6 Å². The quantitative estimate of drug-likeness (QED) is 0.760. The van der Waals surface area contributed by atoms with Gasteiger partial charge in [0.25, 0.3) is 0 Å². The maximum absolute atomic E-state index is 5.80. The Morgan fingerprint density at radius 1 is 1.56 bits per heavy atom. The van der Waals surface area contributed by atoms with Crippen molar-refractivity contribution in [3.8, 4) is 0 Å². The van der Waals surface area contributed by atoms with Crippen LogP contribution in [0.25, 0.3) is 0 Å². The summed E-state index contributed by atoms with van der Waals surface area (Å²) < 4.78 is 0. The molecule has 1 aromatic heterocycles. The molecule has 1 unspecified atom stereocenters. The fraction of sp³-hybridized carbons (Fsp3) is 0.667. The number of alkyl halides is 1. The van der Waals surface area contributed by atoms with Gasteiger partial charge in [0.05, 0.1) is 5.88 Å². The van der Waals surface area contributed by atoms with E-state index in [2.05, 4.69) is 21.8 Å². The summed E-state index contributed by atoms with van der Waals surface area (Å²) in [5.41, 5.74) is 2.02. The summed E-state index contributed by atoms with van der Waals surface area (Å²) in [4.78, 5) is 11.2. The third-order valence-electron chi connectivity index (χ3n) is 3.36. The molecule has 0 saturated carbocycles. The Morgan fingerprint density at radius 3 is 2.94 bits per heavy atom. The second kappa shape index (κ2) is 5.00. The van der Waals surface area contributed by atoms with Crippen LogP contribution in [0.4, 0.5) is 5.95 Å². The van der Waals surface area contributed by atoms with Crippen LogP contribution in [0, 0.1) is 12.8 Å². The van der Waals surface area contributed by atoms with Crippen molar-refractivity contribution < 1.29 is 0 Å². The average molecular weight is 240 g/mol. The fourth-order valence-electron chi connectivity index (χ4n) is 2.11. The summed E-state index contributed by atoms with van der Waals surface area (Å²) in [5, 5.41) is 0. The van der Waals surface area contributed by atoms with Gasteiger partial charge in [0.1, 0.15) is 0 Å². The molecule has 0 aliphatic carbocycles. The smallest absolute Gasteiger partial charge is 0.225 e. The molecule has 1 fully saturated rings. The van der Waals surface area contributed by atoms with Crippen molar-refractivity contribution in [3.63, 3.8) is 0 Å². The van der Waals surface area contributed by atoms with E-state index in [1.165, 1.54) is 12.8 Å². The summed E-state index contributed by atoms with van der Waals surface area (Å²) >= 11 is 5.80. The van der Waals surface area contributed by atoms with Gasteiger partial charge in [-0.05, 0) is 19.3 Å². The van der Waals surface area contributed by atoms with Gasteiger partial charge in [-0.2, -0.15) is 0 Å². The number of anilines is 1. The lowest BCUT2D eigenvalue weighted by Crippen LogP contribution is -2.22. The highest BCUT2D eigenvalue weighted by Crippen LogP contribution is 2.23. The van der Waals surface area contributed by atoms with Gasteiger partial charge >= 0.3 is 0 Å². The molecule has 1 aromatic rings. The standard InChI is InChI=1S/C12H18ClN3/c1-3-10-4-5-16(8-10)12-14-7-11(6-13)9(2)15-12/h7,10H,3-6,8H2,1-2H3. The van der Waals surface area contributed by atoms with Crippen LogP contribution in [0.15, 0.2) is 6.20 Å². The van der Waals surface area contributed by atoms with E-state index < -0.39 is 0 Å². The molecule has 1 saturated heterocycles. The number of halogens is 1. The number of hydrogen-bond donors (Lipinski definition) is 0. The maximum atomic E-state index is 5.80. The van der Waals surface area contributed by atoms with Gasteiger partial charge in [-0.1, -0.05) is 13.3 Å². The van der Waals surface area contributed by atoms with Crippen molar-refractivity contribution in [1.29, 1.82) is 0 Å².